The van der Waals surface area contributed by atoms with E-state index in [4.69, 9.17) is 0 Å². The summed E-state index contributed by atoms with van der Waals surface area (Å²) >= 11 is 0.995. The quantitative estimate of drug-likeness (QED) is 0.535. The SMILES string of the molecule is C=C(C)SOC(C)=O. The van der Waals surface area contributed by atoms with Gasteiger partial charge in [-0.3, -0.25) is 4.79 Å². The van der Waals surface area contributed by atoms with Gasteiger partial charge in [0.2, 0.25) is 0 Å². The molecule has 0 saturated carbocycles. The van der Waals surface area contributed by atoms with E-state index in [9.17, 15) is 4.79 Å². The first-order chi connectivity index (χ1) is 3.63. The van der Waals surface area contributed by atoms with Crippen molar-refractivity contribution in [2.24, 2.45) is 0 Å². The highest BCUT2D eigenvalue weighted by molar-refractivity contribution is 7.98. The molecule has 0 heterocycles. The minimum absolute atomic E-state index is 0.294. The molecule has 0 fully saturated rings. The van der Waals surface area contributed by atoms with Crippen LogP contribution in [0.2, 0.25) is 0 Å². The van der Waals surface area contributed by atoms with Crippen LogP contribution in [0.15, 0.2) is 11.5 Å². The monoisotopic (exact) mass is 132 g/mol. The van der Waals surface area contributed by atoms with Gasteiger partial charge in [-0.1, -0.05) is 6.58 Å². The average molecular weight is 132 g/mol. The topological polar surface area (TPSA) is 26.3 Å². The predicted octanol–water partition coefficient (Wildman–Crippen LogP) is 1.73. The van der Waals surface area contributed by atoms with Crippen LogP contribution in [0.5, 0.6) is 0 Å². The zero-order valence-corrected chi connectivity index (χ0v) is 5.75. The Bertz CT molecular complexity index is 95.0. The number of rotatable bonds is 2. The average Bonchev–Trinajstić information content (AvgIpc) is 1.61. The number of carbonyl (C=O) groups is 1. The van der Waals surface area contributed by atoms with Gasteiger partial charge in [-0.05, 0) is 6.92 Å². The first-order valence-electron chi connectivity index (χ1n) is 2.13. The smallest absolute Gasteiger partial charge is 0.314 e. The molecule has 0 bridgehead atoms. The van der Waals surface area contributed by atoms with Crippen molar-refractivity contribution in [3.8, 4) is 0 Å². The summed E-state index contributed by atoms with van der Waals surface area (Å²) in [7, 11) is 0. The Morgan fingerprint density at radius 3 is 2.25 bits per heavy atom. The fraction of sp³-hybridized carbons (Fsp3) is 0.400. The van der Waals surface area contributed by atoms with Crippen molar-refractivity contribution in [2.75, 3.05) is 0 Å². The second-order valence-electron chi connectivity index (χ2n) is 1.36. The molecule has 0 amide bonds. The Kier molecular flexibility index (Phi) is 3.35. The van der Waals surface area contributed by atoms with Crippen molar-refractivity contribution in [3.63, 3.8) is 0 Å². The Morgan fingerprint density at radius 1 is 1.62 bits per heavy atom. The van der Waals surface area contributed by atoms with Gasteiger partial charge >= 0.3 is 5.97 Å². The van der Waals surface area contributed by atoms with E-state index in [1.807, 2.05) is 0 Å². The van der Waals surface area contributed by atoms with Crippen LogP contribution in [0.3, 0.4) is 0 Å². The summed E-state index contributed by atoms with van der Waals surface area (Å²) in [5.41, 5.74) is 0. The molecule has 0 aliphatic carbocycles. The fourth-order valence-electron chi connectivity index (χ4n) is 0.130. The lowest BCUT2D eigenvalue weighted by molar-refractivity contribution is -0.130. The lowest BCUT2D eigenvalue weighted by Crippen LogP contribution is -1.87. The van der Waals surface area contributed by atoms with Crippen LogP contribution >= 0.6 is 12.0 Å². The van der Waals surface area contributed by atoms with Crippen molar-refractivity contribution in [3.05, 3.63) is 11.5 Å². The van der Waals surface area contributed by atoms with Crippen molar-refractivity contribution in [1.82, 2.24) is 0 Å². The van der Waals surface area contributed by atoms with E-state index in [2.05, 4.69) is 10.8 Å². The first kappa shape index (κ1) is 7.56. The normalized spacial score (nSPS) is 8.25. The van der Waals surface area contributed by atoms with Crippen LogP contribution < -0.4 is 0 Å². The third kappa shape index (κ3) is 5.56. The molecule has 0 spiro atoms. The largest absolute Gasteiger partial charge is 0.387 e. The number of carbonyl (C=O) groups excluding carboxylic acids is 1. The van der Waals surface area contributed by atoms with Crippen molar-refractivity contribution in [2.45, 2.75) is 13.8 Å². The second kappa shape index (κ2) is 3.55. The highest BCUT2D eigenvalue weighted by Gasteiger charge is 1.91. The molecule has 0 rings (SSSR count). The minimum Gasteiger partial charge on any atom is -0.387 e. The molecule has 46 valence electrons. The maximum absolute atomic E-state index is 10.1. The molecule has 0 radical (unpaired) electrons. The third-order valence-corrected chi connectivity index (χ3v) is 0.904. The highest BCUT2D eigenvalue weighted by Crippen LogP contribution is 2.12. The van der Waals surface area contributed by atoms with Crippen LogP contribution in [-0.4, -0.2) is 5.97 Å². The summed E-state index contributed by atoms with van der Waals surface area (Å²) in [5, 5.41) is 0. The lowest BCUT2D eigenvalue weighted by Gasteiger charge is -1.94. The molecular formula is C5H8O2S. The van der Waals surface area contributed by atoms with Gasteiger partial charge in [0.05, 0.1) is 12.0 Å². The molecule has 0 N–H and O–H groups in total. The molecule has 0 saturated heterocycles. The summed E-state index contributed by atoms with van der Waals surface area (Å²) in [6.07, 6.45) is 0. The van der Waals surface area contributed by atoms with Gasteiger partial charge in [-0.15, -0.1) is 0 Å². The van der Waals surface area contributed by atoms with Crippen LogP contribution in [0.1, 0.15) is 13.8 Å². The van der Waals surface area contributed by atoms with Gasteiger partial charge in [0.25, 0.3) is 0 Å². The Labute approximate surface area is 53.1 Å². The van der Waals surface area contributed by atoms with E-state index >= 15 is 0 Å². The maximum atomic E-state index is 10.1. The van der Waals surface area contributed by atoms with Crippen LogP contribution in [0.4, 0.5) is 0 Å². The number of allylic oxidation sites excluding steroid dienone is 1. The highest BCUT2D eigenvalue weighted by atomic mass is 32.2. The van der Waals surface area contributed by atoms with Crippen LogP contribution in [-0.2, 0) is 8.98 Å². The van der Waals surface area contributed by atoms with Crippen molar-refractivity contribution < 1.29 is 8.98 Å². The Hall–Kier alpha value is -0.440. The standard InChI is InChI=1S/C5H8O2S/c1-4(2)8-7-5(3)6/h1H2,2-3H3. The van der Waals surface area contributed by atoms with Gasteiger partial charge in [0, 0.05) is 11.8 Å². The zero-order valence-electron chi connectivity index (χ0n) is 4.93. The zero-order chi connectivity index (χ0) is 6.57. The van der Waals surface area contributed by atoms with Gasteiger partial charge in [0.15, 0.2) is 0 Å². The van der Waals surface area contributed by atoms with E-state index in [0.717, 1.165) is 16.9 Å². The molecule has 0 atom stereocenters. The molecule has 8 heavy (non-hydrogen) atoms. The van der Waals surface area contributed by atoms with Crippen molar-refractivity contribution >= 4 is 18.0 Å². The first-order valence-corrected chi connectivity index (χ1v) is 2.87. The van der Waals surface area contributed by atoms with Gasteiger partial charge < -0.3 is 4.18 Å². The second-order valence-corrected chi connectivity index (χ2v) is 2.39. The summed E-state index contributed by atoms with van der Waals surface area (Å²) in [4.78, 5) is 10.8. The molecule has 0 aromatic carbocycles. The van der Waals surface area contributed by atoms with Crippen molar-refractivity contribution in [1.29, 1.82) is 0 Å². The fourth-order valence-corrected chi connectivity index (χ4v) is 0.389. The molecule has 0 aliphatic heterocycles. The van der Waals surface area contributed by atoms with Gasteiger partial charge in [-0.2, -0.15) is 0 Å². The lowest BCUT2D eigenvalue weighted by atomic mass is 10.8. The number of hydrogen-bond donors (Lipinski definition) is 0. The summed E-state index contributed by atoms with van der Waals surface area (Å²) in [5.74, 6) is -0.294. The van der Waals surface area contributed by atoms with E-state index < -0.39 is 0 Å². The predicted molar refractivity (Wildman–Crippen MR) is 34.2 cm³/mol. The Morgan fingerprint density at radius 2 is 2.12 bits per heavy atom. The molecule has 3 heteroatoms. The molecule has 0 aliphatic rings. The third-order valence-electron chi connectivity index (χ3n) is 0.301. The van der Waals surface area contributed by atoms with Gasteiger partial charge in [-0.25, -0.2) is 0 Å². The molecule has 0 aromatic rings. The maximum Gasteiger partial charge on any atom is 0.314 e. The summed E-state index contributed by atoms with van der Waals surface area (Å²) in [6.45, 7) is 6.64. The molecular weight excluding hydrogens is 124 g/mol. The van der Waals surface area contributed by atoms with E-state index in [1.54, 1.807) is 6.92 Å². The van der Waals surface area contributed by atoms with E-state index in [-0.39, 0.29) is 5.97 Å². The summed E-state index contributed by atoms with van der Waals surface area (Å²) < 4.78 is 4.48. The molecule has 0 aromatic heterocycles. The van der Waals surface area contributed by atoms with E-state index in [1.165, 1.54) is 6.92 Å². The Balaban J connectivity index is 3.18. The molecule has 2 nitrogen and oxygen atoms in total. The molecule has 0 unspecified atom stereocenters. The minimum atomic E-state index is -0.294. The summed E-state index contributed by atoms with van der Waals surface area (Å²) in [6, 6.07) is 0. The number of hydrogen-bond acceptors (Lipinski definition) is 3. The van der Waals surface area contributed by atoms with Crippen LogP contribution in [0, 0.1) is 0 Å². The van der Waals surface area contributed by atoms with Gasteiger partial charge in [0.1, 0.15) is 0 Å². The van der Waals surface area contributed by atoms with Crippen LogP contribution in [0.25, 0.3) is 0 Å². The van der Waals surface area contributed by atoms with E-state index in [0.29, 0.717) is 0 Å².